The van der Waals surface area contributed by atoms with E-state index in [0.717, 1.165) is 13.1 Å². The molecule has 1 heterocycles. The molecule has 1 aromatic rings. The van der Waals surface area contributed by atoms with Crippen molar-refractivity contribution in [2.45, 2.75) is 32.2 Å². The summed E-state index contributed by atoms with van der Waals surface area (Å²) < 4.78 is 29.3. The second-order valence-electron chi connectivity index (χ2n) is 6.01. The van der Waals surface area contributed by atoms with Crippen molar-refractivity contribution in [1.29, 1.82) is 0 Å². The van der Waals surface area contributed by atoms with Gasteiger partial charge in [0.15, 0.2) is 0 Å². The Labute approximate surface area is 137 Å². The number of benzene rings is 1. The van der Waals surface area contributed by atoms with Crippen LogP contribution in [0.25, 0.3) is 0 Å². The van der Waals surface area contributed by atoms with Crippen molar-refractivity contribution in [3.05, 3.63) is 30.1 Å². The number of ether oxygens (including phenoxy) is 3. The highest BCUT2D eigenvalue weighted by Crippen LogP contribution is 2.12. The first-order valence-electron chi connectivity index (χ1n) is 8.05. The fourth-order valence-corrected chi connectivity index (χ4v) is 2.75. The third kappa shape index (κ3) is 6.83. The van der Waals surface area contributed by atoms with Crippen LogP contribution in [0.5, 0.6) is 5.75 Å². The minimum atomic E-state index is -0.529. The van der Waals surface area contributed by atoms with Crippen molar-refractivity contribution in [2.75, 3.05) is 39.5 Å². The van der Waals surface area contributed by atoms with Gasteiger partial charge < -0.3 is 19.3 Å². The van der Waals surface area contributed by atoms with Crippen molar-refractivity contribution >= 4 is 0 Å². The molecule has 1 N–H and O–H groups in total. The summed E-state index contributed by atoms with van der Waals surface area (Å²) in [6.45, 7) is 7.33. The van der Waals surface area contributed by atoms with Crippen LogP contribution >= 0.6 is 0 Å². The standard InChI is InChI=1S/C17H26FNO4/c1-13-9-19(10-14(2)23-13)11-16(20)12-21-7-8-22-17-5-3-15(18)4-6-17/h3-6,13-14,16,20H,7-12H2,1-2H3/t13-,14+,16-/m0/s1. The Morgan fingerprint density at radius 1 is 1.22 bits per heavy atom. The lowest BCUT2D eigenvalue weighted by atomic mass is 10.2. The minimum absolute atomic E-state index is 0.191. The molecular weight excluding hydrogens is 301 g/mol. The summed E-state index contributed by atoms with van der Waals surface area (Å²) in [6, 6.07) is 5.85. The van der Waals surface area contributed by atoms with Crippen molar-refractivity contribution in [3.8, 4) is 5.75 Å². The van der Waals surface area contributed by atoms with E-state index in [1.807, 2.05) is 13.8 Å². The van der Waals surface area contributed by atoms with E-state index in [1.165, 1.54) is 12.1 Å². The highest BCUT2D eigenvalue weighted by molar-refractivity contribution is 5.21. The van der Waals surface area contributed by atoms with Crippen LogP contribution in [0.3, 0.4) is 0 Å². The van der Waals surface area contributed by atoms with E-state index in [4.69, 9.17) is 14.2 Å². The van der Waals surface area contributed by atoms with Crippen LogP contribution in [-0.2, 0) is 9.47 Å². The van der Waals surface area contributed by atoms with Crippen LogP contribution in [0.15, 0.2) is 24.3 Å². The molecule has 3 atom stereocenters. The average molecular weight is 327 g/mol. The monoisotopic (exact) mass is 327 g/mol. The van der Waals surface area contributed by atoms with Gasteiger partial charge in [0, 0.05) is 19.6 Å². The van der Waals surface area contributed by atoms with Crippen LogP contribution in [0.4, 0.5) is 4.39 Å². The van der Waals surface area contributed by atoms with E-state index in [2.05, 4.69) is 4.90 Å². The lowest BCUT2D eigenvalue weighted by Crippen LogP contribution is -2.48. The normalized spacial score (nSPS) is 23.7. The summed E-state index contributed by atoms with van der Waals surface area (Å²) in [4.78, 5) is 2.20. The van der Waals surface area contributed by atoms with Gasteiger partial charge >= 0.3 is 0 Å². The SMILES string of the molecule is C[C@@H]1CN(C[C@H](O)COCCOc2ccc(F)cc2)C[C@H](C)O1. The number of hydrogen-bond donors (Lipinski definition) is 1. The van der Waals surface area contributed by atoms with Crippen LogP contribution in [0.2, 0.25) is 0 Å². The average Bonchev–Trinajstić information content (AvgIpc) is 2.47. The van der Waals surface area contributed by atoms with Gasteiger partial charge in [0.25, 0.3) is 0 Å². The molecule has 0 unspecified atom stereocenters. The Morgan fingerprint density at radius 2 is 1.87 bits per heavy atom. The second-order valence-corrected chi connectivity index (χ2v) is 6.01. The van der Waals surface area contributed by atoms with Gasteiger partial charge in [0.05, 0.1) is 31.5 Å². The summed E-state index contributed by atoms with van der Waals surface area (Å²) in [6.07, 6.45) is -0.148. The van der Waals surface area contributed by atoms with E-state index in [0.29, 0.717) is 25.5 Å². The third-order valence-corrected chi connectivity index (χ3v) is 3.58. The molecular formula is C17H26FNO4. The fourth-order valence-electron chi connectivity index (χ4n) is 2.75. The molecule has 5 nitrogen and oxygen atoms in total. The van der Waals surface area contributed by atoms with Gasteiger partial charge in [0.2, 0.25) is 0 Å². The summed E-state index contributed by atoms with van der Waals surface area (Å²) in [5.41, 5.74) is 0. The minimum Gasteiger partial charge on any atom is -0.491 e. The van der Waals surface area contributed by atoms with Gasteiger partial charge in [-0.05, 0) is 38.1 Å². The molecule has 130 valence electrons. The van der Waals surface area contributed by atoms with E-state index in [-0.39, 0.29) is 24.6 Å². The Balaban J connectivity index is 1.56. The molecule has 1 aliphatic rings. The maximum atomic E-state index is 12.7. The van der Waals surface area contributed by atoms with Crippen LogP contribution in [0.1, 0.15) is 13.8 Å². The molecule has 0 saturated carbocycles. The van der Waals surface area contributed by atoms with Crippen molar-refractivity contribution < 1.29 is 23.7 Å². The van der Waals surface area contributed by atoms with Gasteiger partial charge in [0.1, 0.15) is 18.2 Å². The van der Waals surface area contributed by atoms with Crippen LogP contribution in [0, 0.1) is 5.82 Å². The molecule has 2 rings (SSSR count). The van der Waals surface area contributed by atoms with Crippen molar-refractivity contribution in [2.24, 2.45) is 0 Å². The third-order valence-electron chi connectivity index (χ3n) is 3.58. The quantitative estimate of drug-likeness (QED) is 0.737. The maximum absolute atomic E-state index is 12.7. The lowest BCUT2D eigenvalue weighted by molar-refractivity contribution is -0.0824. The summed E-state index contributed by atoms with van der Waals surface area (Å²) >= 11 is 0. The zero-order chi connectivity index (χ0) is 16.7. The van der Waals surface area contributed by atoms with E-state index in [9.17, 15) is 9.50 Å². The lowest BCUT2D eigenvalue weighted by Gasteiger charge is -2.36. The predicted octanol–water partition coefficient (Wildman–Crippen LogP) is 1.69. The van der Waals surface area contributed by atoms with Gasteiger partial charge in [-0.3, -0.25) is 4.90 Å². The first-order chi connectivity index (χ1) is 11.0. The summed E-state index contributed by atoms with van der Waals surface area (Å²) in [5.74, 6) is 0.315. The van der Waals surface area contributed by atoms with Gasteiger partial charge in [-0.2, -0.15) is 0 Å². The predicted molar refractivity (Wildman–Crippen MR) is 85.2 cm³/mol. The van der Waals surface area contributed by atoms with Gasteiger partial charge in [-0.1, -0.05) is 0 Å². The number of morpholine rings is 1. The summed E-state index contributed by atoms with van der Waals surface area (Å²) in [7, 11) is 0. The maximum Gasteiger partial charge on any atom is 0.123 e. The highest BCUT2D eigenvalue weighted by Gasteiger charge is 2.23. The molecule has 1 aromatic carbocycles. The largest absolute Gasteiger partial charge is 0.491 e. The Hall–Kier alpha value is -1.21. The number of aliphatic hydroxyl groups is 1. The first-order valence-corrected chi connectivity index (χ1v) is 8.05. The number of aliphatic hydroxyl groups excluding tert-OH is 1. The fraction of sp³-hybridized carbons (Fsp3) is 0.647. The Morgan fingerprint density at radius 3 is 2.52 bits per heavy atom. The highest BCUT2D eigenvalue weighted by atomic mass is 19.1. The zero-order valence-electron chi connectivity index (χ0n) is 13.8. The number of rotatable bonds is 8. The van der Waals surface area contributed by atoms with Crippen LogP contribution in [-0.4, -0.2) is 67.8 Å². The molecule has 0 amide bonds. The van der Waals surface area contributed by atoms with E-state index < -0.39 is 6.10 Å². The molecule has 1 fully saturated rings. The van der Waals surface area contributed by atoms with Gasteiger partial charge in [-0.15, -0.1) is 0 Å². The second kappa shape index (κ2) is 9.17. The topological polar surface area (TPSA) is 51.2 Å². The van der Waals surface area contributed by atoms with Crippen molar-refractivity contribution in [1.82, 2.24) is 4.90 Å². The van der Waals surface area contributed by atoms with E-state index >= 15 is 0 Å². The smallest absolute Gasteiger partial charge is 0.123 e. The van der Waals surface area contributed by atoms with Crippen molar-refractivity contribution in [3.63, 3.8) is 0 Å². The molecule has 0 radical (unpaired) electrons. The number of hydrogen-bond acceptors (Lipinski definition) is 5. The van der Waals surface area contributed by atoms with Gasteiger partial charge in [-0.25, -0.2) is 4.39 Å². The molecule has 23 heavy (non-hydrogen) atoms. The molecule has 0 aromatic heterocycles. The number of β-amino-alcohol motifs (C(OH)–C–C–N with tert-alkyl or cyclic N) is 1. The summed E-state index contributed by atoms with van der Waals surface area (Å²) in [5, 5.41) is 10.0. The molecule has 0 aliphatic carbocycles. The molecule has 6 heteroatoms. The van der Waals surface area contributed by atoms with E-state index in [1.54, 1.807) is 12.1 Å². The molecule has 1 saturated heterocycles. The Kier molecular flexibility index (Phi) is 7.23. The zero-order valence-corrected chi connectivity index (χ0v) is 13.8. The molecule has 1 aliphatic heterocycles. The first kappa shape index (κ1) is 18.1. The molecule has 0 spiro atoms. The Bertz CT molecular complexity index is 446. The van der Waals surface area contributed by atoms with Crippen LogP contribution < -0.4 is 4.74 Å². The number of nitrogens with zero attached hydrogens (tertiary/aromatic N) is 1. The molecule has 0 bridgehead atoms. The number of halogens is 1.